The number of hydrogen-bond acceptors (Lipinski definition) is 3. The zero-order valence-electron chi connectivity index (χ0n) is 12.2. The topological polar surface area (TPSA) is 64.9 Å². The van der Waals surface area contributed by atoms with Crippen LogP contribution in [-0.4, -0.2) is 11.0 Å². The average molecular weight is 261 g/mol. The SMILES string of the molecule is CC(C)C1CCC(C(N)Cc2cnccc2N)CC1. The Balaban J connectivity index is 1.88. The highest BCUT2D eigenvalue weighted by Crippen LogP contribution is 2.35. The van der Waals surface area contributed by atoms with Crippen LogP contribution in [0.3, 0.4) is 0 Å². The first-order valence-corrected chi connectivity index (χ1v) is 7.52. The molecule has 0 aromatic carbocycles. The van der Waals surface area contributed by atoms with E-state index < -0.39 is 0 Å². The summed E-state index contributed by atoms with van der Waals surface area (Å²) in [5, 5.41) is 0. The van der Waals surface area contributed by atoms with Crippen LogP contribution in [-0.2, 0) is 6.42 Å². The number of aromatic nitrogens is 1. The number of pyridine rings is 1. The van der Waals surface area contributed by atoms with Crippen molar-refractivity contribution in [3.8, 4) is 0 Å². The largest absolute Gasteiger partial charge is 0.398 e. The molecule has 1 aromatic rings. The van der Waals surface area contributed by atoms with E-state index in [1.165, 1.54) is 25.7 Å². The molecule has 0 radical (unpaired) electrons. The molecule has 0 saturated heterocycles. The first kappa shape index (κ1) is 14.3. The fourth-order valence-corrected chi connectivity index (χ4v) is 3.27. The van der Waals surface area contributed by atoms with Crippen LogP contribution >= 0.6 is 0 Å². The van der Waals surface area contributed by atoms with E-state index in [0.29, 0.717) is 5.92 Å². The summed E-state index contributed by atoms with van der Waals surface area (Å²) in [5.74, 6) is 2.35. The number of rotatable bonds is 4. The summed E-state index contributed by atoms with van der Waals surface area (Å²) in [6.07, 6.45) is 9.65. The Kier molecular flexibility index (Phi) is 4.81. The van der Waals surface area contributed by atoms with Gasteiger partial charge in [0.25, 0.3) is 0 Å². The molecule has 2 rings (SSSR count). The third kappa shape index (κ3) is 3.69. The predicted octanol–water partition coefficient (Wildman–Crippen LogP) is 3.00. The van der Waals surface area contributed by atoms with Crippen molar-refractivity contribution in [1.29, 1.82) is 0 Å². The van der Waals surface area contributed by atoms with Crippen molar-refractivity contribution in [2.24, 2.45) is 23.5 Å². The molecule has 1 atom stereocenters. The number of hydrogen-bond donors (Lipinski definition) is 2. The third-order valence-electron chi connectivity index (χ3n) is 4.76. The molecule has 0 amide bonds. The summed E-state index contributed by atoms with van der Waals surface area (Å²) >= 11 is 0. The quantitative estimate of drug-likeness (QED) is 0.875. The zero-order chi connectivity index (χ0) is 13.8. The molecular formula is C16H27N3. The van der Waals surface area contributed by atoms with Gasteiger partial charge in [0.2, 0.25) is 0 Å². The first-order valence-electron chi connectivity index (χ1n) is 7.52. The fraction of sp³-hybridized carbons (Fsp3) is 0.688. The molecule has 1 saturated carbocycles. The molecule has 1 aliphatic rings. The van der Waals surface area contributed by atoms with Crippen molar-refractivity contribution in [3.63, 3.8) is 0 Å². The Hall–Kier alpha value is -1.09. The van der Waals surface area contributed by atoms with E-state index in [1.54, 1.807) is 6.20 Å². The Bertz CT molecular complexity index is 395. The van der Waals surface area contributed by atoms with Gasteiger partial charge in [-0.25, -0.2) is 0 Å². The van der Waals surface area contributed by atoms with E-state index in [9.17, 15) is 0 Å². The van der Waals surface area contributed by atoms with Gasteiger partial charge in [-0.1, -0.05) is 13.8 Å². The van der Waals surface area contributed by atoms with Gasteiger partial charge in [-0.15, -0.1) is 0 Å². The Morgan fingerprint density at radius 2 is 1.84 bits per heavy atom. The van der Waals surface area contributed by atoms with Crippen LogP contribution in [0.1, 0.15) is 45.1 Å². The van der Waals surface area contributed by atoms with Crippen molar-refractivity contribution >= 4 is 5.69 Å². The van der Waals surface area contributed by atoms with Gasteiger partial charge >= 0.3 is 0 Å². The fourth-order valence-electron chi connectivity index (χ4n) is 3.27. The summed E-state index contributed by atoms with van der Waals surface area (Å²) in [4.78, 5) is 4.14. The van der Waals surface area contributed by atoms with Gasteiger partial charge in [0.15, 0.2) is 0 Å². The number of nitrogen functional groups attached to an aromatic ring is 1. The minimum atomic E-state index is 0.222. The Morgan fingerprint density at radius 3 is 2.42 bits per heavy atom. The Morgan fingerprint density at radius 1 is 1.21 bits per heavy atom. The van der Waals surface area contributed by atoms with Crippen LogP contribution < -0.4 is 11.5 Å². The van der Waals surface area contributed by atoms with E-state index in [0.717, 1.165) is 29.5 Å². The van der Waals surface area contributed by atoms with E-state index in [2.05, 4.69) is 18.8 Å². The second-order valence-electron chi connectivity index (χ2n) is 6.36. The van der Waals surface area contributed by atoms with Crippen molar-refractivity contribution in [3.05, 3.63) is 24.0 Å². The molecule has 0 bridgehead atoms. The first-order chi connectivity index (χ1) is 9.08. The summed E-state index contributed by atoms with van der Waals surface area (Å²) < 4.78 is 0. The normalized spacial score (nSPS) is 25.5. The highest BCUT2D eigenvalue weighted by atomic mass is 14.7. The second-order valence-corrected chi connectivity index (χ2v) is 6.36. The molecule has 106 valence electrons. The maximum Gasteiger partial charge on any atom is 0.0378 e. The molecular weight excluding hydrogens is 234 g/mol. The van der Waals surface area contributed by atoms with Crippen molar-refractivity contribution < 1.29 is 0 Å². The lowest BCUT2D eigenvalue weighted by Gasteiger charge is -2.34. The van der Waals surface area contributed by atoms with Crippen LogP contribution in [0.15, 0.2) is 18.5 Å². The molecule has 0 aliphatic heterocycles. The van der Waals surface area contributed by atoms with E-state index >= 15 is 0 Å². The lowest BCUT2D eigenvalue weighted by molar-refractivity contribution is 0.202. The van der Waals surface area contributed by atoms with Gasteiger partial charge in [0.05, 0.1) is 0 Å². The van der Waals surface area contributed by atoms with E-state index in [-0.39, 0.29) is 6.04 Å². The van der Waals surface area contributed by atoms with Crippen LogP contribution in [0.4, 0.5) is 5.69 Å². The lowest BCUT2D eigenvalue weighted by atomic mass is 9.74. The molecule has 19 heavy (non-hydrogen) atoms. The monoisotopic (exact) mass is 261 g/mol. The molecule has 1 unspecified atom stereocenters. The van der Waals surface area contributed by atoms with Gasteiger partial charge in [0, 0.05) is 24.1 Å². The molecule has 1 fully saturated rings. The number of nitrogens with zero attached hydrogens (tertiary/aromatic N) is 1. The standard InChI is InChI=1S/C16H27N3/c1-11(2)12-3-5-13(6-4-12)16(18)9-14-10-19-8-7-15(14)17/h7-8,10-13,16H,3-6,9,18H2,1-2H3,(H2,17,19). The van der Waals surface area contributed by atoms with Crippen molar-refractivity contribution in [2.45, 2.75) is 52.0 Å². The maximum atomic E-state index is 6.39. The minimum absolute atomic E-state index is 0.222. The number of nitrogens with two attached hydrogens (primary N) is 2. The summed E-state index contributed by atoms with van der Waals surface area (Å²) in [5.41, 5.74) is 14.3. The maximum absolute atomic E-state index is 6.39. The summed E-state index contributed by atoms with van der Waals surface area (Å²) in [6.45, 7) is 4.67. The van der Waals surface area contributed by atoms with Gasteiger partial charge in [0.1, 0.15) is 0 Å². The second kappa shape index (κ2) is 6.38. The zero-order valence-corrected chi connectivity index (χ0v) is 12.2. The molecule has 0 spiro atoms. The van der Waals surface area contributed by atoms with Crippen LogP contribution in [0, 0.1) is 17.8 Å². The van der Waals surface area contributed by atoms with Crippen molar-refractivity contribution in [1.82, 2.24) is 4.98 Å². The van der Waals surface area contributed by atoms with E-state index in [1.807, 2.05) is 12.3 Å². The van der Waals surface area contributed by atoms with Crippen LogP contribution in [0.5, 0.6) is 0 Å². The van der Waals surface area contributed by atoms with Gasteiger partial charge < -0.3 is 11.5 Å². The van der Waals surface area contributed by atoms with Gasteiger partial charge in [-0.2, -0.15) is 0 Å². The molecule has 1 aromatic heterocycles. The molecule has 3 nitrogen and oxygen atoms in total. The van der Waals surface area contributed by atoms with Crippen LogP contribution in [0.2, 0.25) is 0 Å². The molecule has 1 heterocycles. The molecule has 4 N–H and O–H groups in total. The summed E-state index contributed by atoms with van der Waals surface area (Å²) in [6, 6.07) is 2.08. The number of anilines is 1. The highest BCUT2D eigenvalue weighted by molar-refractivity contribution is 5.44. The summed E-state index contributed by atoms with van der Waals surface area (Å²) in [7, 11) is 0. The minimum Gasteiger partial charge on any atom is -0.398 e. The average Bonchev–Trinajstić information content (AvgIpc) is 2.41. The predicted molar refractivity (Wildman–Crippen MR) is 80.6 cm³/mol. The van der Waals surface area contributed by atoms with Crippen molar-refractivity contribution in [2.75, 3.05) is 5.73 Å². The Labute approximate surface area is 116 Å². The van der Waals surface area contributed by atoms with E-state index in [4.69, 9.17) is 11.5 Å². The highest BCUT2D eigenvalue weighted by Gasteiger charge is 2.27. The smallest absolute Gasteiger partial charge is 0.0378 e. The van der Waals surface area contributed by atoms with Gasteiger partial charge in [-0.3, -0.25) is 4.98 Å². The lowest BCUT2D eigenvalue weighted by Crippen LogP contribution is -2.35. The van der Waals surface area contributed by atoms with Crippen LogP contribution in [0.25, 0.3) is 0 Å². The third-order valence-corrected chi connectivity index (χ3v) is 4.76. The molecule has 1 aliphatic carbocycles. The molecule has 3 heteroatoms. The van der Waals surface area contributed by atoms with Gasteiger partial charge in [-0.05, 0) is 61.5 Å².